The van der Waals surface area contributed by atoms with Gasteiger partial charge in [0.05, 0.1) is 12.2 Å². The number of rotatable bonds is 5. The maximum atomic E-state index is 4.99. The standard InChI is InChI=1S/C22H23N3O/c1-15-5-3-4-6-20(15)17-7-9-18(10-8-17)22-16(2)25-21(22)12-23-11-19-13-26-14-24-19/h3-10,12-14,16,22-23,25H,11H2,1-2H3/b21-12-. The highest BCUT2D eigenvalue weighted by Gasteiger charge is 2.33. The molecule has 2 aromatic carbocycles. The van der Waals surface area contributed by atoms with Crippen molar-refractivity contribution in [2.75, 3.05) is 0 Å². The van der Waals surface area contributed by atoms with Gasteiger partial charge in [-0.1, -0.05) is 48.5 Å². The van der Waals surface area contributed by atoms with Gasteiger partial charge in [0.25, 0.3) is 0 Å². The second kappa shape index (κ2) is 7.08. The molecule has 4 rings (SSSR count). The van der Waals surface area contributed by atoms with Crippen molar-refractivity contribution >= 4 is 0 Å². The van der Waals surface area contributed by atoms with Crippen molar-refractivity contribution in [2.45, 2.75) is 32.4 Å². The number of oxazole rings is 1. The lowest BCUT2D eigenvalue weighted by Crippen LogP contribution is -2.47. The van der Waals surface area contributed by atoms with Crippen LogP contribution in [-0.2, 0) is 6.54 Å². The van der Waals surface area contributed by atoms with Gasteiger partial charge in [0.1, 0.15) is 6.26 Å². The van der Waals surface area contributed by atoms with Crippen LogP contribution in [0.4, 0.5) is 0 Å². The van der Waals surface area contributed by atoms with Crippen molar-refractivity contribution in [1.29, 1.82) is 0 Å². The molecule has 1 saturated heterocycles. The highest BCUT2D eigenvalue weighted by molar-refractivity contribution is 5.67. The average molecular weight is 345 g/mol. The van der Waals surface area contributed by atoms with Gasteiger partial charge in [0, 0.05) is 23.9 Å². The minimum absolute atomic E-state index is 0.394. The first-order valence-corrected chi connectivity index (χ1v) is 8.95. The quantitative estimate of drug-likeness (QED) is 0.721. The van der Waals surface area contributed by atoms with E-state index >= 15 is 0 Å². The summed E-state index contributed by atoms with van der Waals surface area (Å²) >= 11 is 0. The van der Waals surface area contributed by atoms with Gasteiger partial charge in [0.2, 0.25) is 0 Å². The number of benzene rings is 2. The monoisotopic (exact) mass is 345 g/mol. The smallest absolute Gasteiger partial charge is 0.180 e. The fourth-order valence-corrected chi connectivity index (χ4v) is 3.57. The molecule has 0 aliphatic carbocycles. The number of nitrogens with one attached hydrogen (secondary N) is 2. The topological polar surface area (TPSA) is 50.1 Å². The summed E-state index contributed by atoms with van der Waals surface area (Å²) < 4.78 is 4.99. The zero-order chi connectivity index (χ0) is 17.9. The van der Waals surface area contributed by atoms with Gasteiger partial charge in [-0.3, -0.25) is 0 Å². The summed E-state index contributed by atoms with van der Waals surface area (Å²) in [7, 11) is 0. The van der Waals surface area contributed by atoms with Crippen LogP contribution < -0.4 is 10.6 Å². The Morgan fingerprint density at radius 3 is 2.65 bits per heavy atom. The molecule has 0 bridgehead atoms. The maximum absolute atomic E-state index is 4.99. The summed E-state index contributed by atoms with van der Waals surface area (Å²) in [6.45, 7) is 5.03. The van der Waals surface area contributed by atoms with Crippen molar-refractivity contribution in [3.8, 4) is 11.1 Å². The molecule has 0 saturated carbocycles. The Bertz CT molecular complexity index is 897. The maximum Gasteiger partial charge on any atom is 0.180 e. The molecule has 26 heavy (non-hydrogen) atoms. The Morgan fingerprint density at radius 2 is 1.96 bits per heavy atom. The largest absolute Gasteiger partial charge is 0.451 e. The van der Waals surface area contributed by atoms with E-state index < -0.39 is 0 Å². The lowest BCUT2D eigenvalue weighted by atomic mass is 9.82. The van der Waals surface area contributed by atoms with Gasteiger partial charge >= 0.3 is 0 Å². The van der Waals surface area contributed by atoms with Crippen molar-refractivity contribution < 1.29 is 4.42 Å². The van der Waals surface area contributed by atoms with Crippen LogP contribution >= 0.6 is 0 Å². The third-order valence-electron chi connectivity index (χ3n) is 4.98. The number of nitrogens with zero attached hydrogens (tertiary/aromatic N) is 1. The second-order valence-electron chi connectivity index (χ2n) is 6.81. The Labute approximate surface area is 154 Å². The molecule has 2 N–H and O–H groups in total. The van der Waals surface area contributed by atoms with Gasteiger partial charge in [0.15, 0.2) is 6.39 Å². The molecule has 3 aromatic rings. The van der Waals surface area contributed by atoms with E-state index in [2.05, 4.69) is 84.2 Å². The van der Waals surface area contributed by atoms with Gasteiger partial charge < -0.3 is 15.1 Å². The van der Waals surface area contributed by atoms with E-state index in [0.29, 0.717) is 18.5 Å². The summed E-state index contributed by atoms with van der Waals surface area (Å²) in [5, 5.41) is 6.79. The SMILES string of the molecule is Cc1ccccc1-c1ccc(C2/C(=C/NCc3cocn3)NC2C)cc1. The molecule has 2 unspecified atom stereocenters. The Hall–Kier alpha value is -3.01. The van der Waals surface area contributed by atoms with Crippen LogP contribution in [0.15, 0.2) is 77.5 Å². The number of hydrogen-bond donors (Lipinski definition) is 2. The summed E-state index contributed by atoms with van der Waals surface area (Å²) in [5.41, 5.74) is 7.31. The van der Waals surface area contributed by atoms with Crippen LogP contribution in [0.1, 0.15) is 29.7 Å². The van der Waals surface area contributed by atoms with Crippen LogP contribution in [-0.4, -0.2) is 11.0 Å². The first-order chi connectivity index (χ1) is 12.7. The fourth-order valence-electron chi connectivity index (χ4n) is 3.57. The summed E-state index contributed by atoms with van der Waals surface area (Å²) in [6.07, 6.45) is 5.16. The minimum atomic E-state index is 0.394. The van der Waals surface area contributed by atoms with Crippen molar-refractivity contribution in [3.05, 3.63) is 89.9 Å². The molecule has 2 atom stereocenters. The number of aryl methyl sites for hydroxylation is 1. The molecule has 2 heterocycles. The average Bonchev–Trinajstić information content (AvgIpc) is 3.15. The predicted octanol–water partition coefficient (Wildman–Crippen LogP) is 4.36. The number of hydrogen-bond acceptors (Lipinski definition) is 4. The highest BCUT2D eigenvalue weighted by atomic mass is 16.3. The number of aromatic nitrogens is 1. The second-order valence-corrected chi connectivity index (χ2v) is 6.81. The van der Waals surface area contributed by atoms with E-state index in [1.54, 1.807) is 6.26 Å². The predicted molar refractivity (Wildman–Crippen MR) is 103 cm³/mol. The molecule has 1 fully saturated rings. The van der Waals surface area contributed by atoms with Crippen molar-refractivity contribution in [3.63, 3.8) is 0 Å². The molecule has 0 radical (unpaired) electrons. The van der Waals surface area contributed by atoms with Crippen LogP contribution in [0.3, 0.4) is 0 Å². The van der Waals surface area contributed by atoms with Gasteiger partial charge in [-0.25, -0.2) is 4.98 Å². The lowest BCUT2D eigenvalue weighted by molar-refractivity contribution is 0.409. The van der Waals surface area contributed by atoms with Crippen LogP contribution in [0, 0.1) is 6.92 Å². The molecular weight excluding hydrogens is 322 g/mol. The Kier molecular flexibility index (Phi) is 4.48. The highest BCUT2D eigenvalue weighted by Crippen LogP contribution is 2.35. The first-order valence-electron chi connectivity index (χ1n) is 8.95. The van der Waals surface area contributed by atoms with E-state index in [0.717, 1.165) is 5.69 Å². The Balaban J connectivity index is 1.48. The summed E-state index contributed by atoms with van der Waals surface area (Å²) in [6, 6.07) is 17.9. The third-order valence-corrected chi connectivity index (χ3v) is 4.98. The minimum Gasteiger partial charge on any atom is -0.451 e. The first kappa shape index (κ1) is 16.5. The molecule has 1 aromatic heterocycles. The zero-order valence-corrected chi connectivity index (χ0v) is 15.1. The van der Waals surface area contributed by atoms with E-state index in [-0.39, 0.29) is 0 Å². The van der Waals surface area contributed by atoms with E-state index in [4.69, 9.17) is 4.42 Å². The molecule has 0 amide bonds. The lowest BCUT2D eigenvalue weighted by Gasteiger charge is -2.40. The molecule has 0 spiro atoms. The molecule has 1 aliphatic rings. The van der Waals surface area contributed by atoms with E-state index in [9.17, 15) is 0 Å². The molecule has 132 valence electrons. The van der Waals surface area contributed by atoms with Gasteiger partial charge in [-0.2, -0.15) is 0 Å². The van der Waals surface area contributed by atoms with Crippen LogP contribution in [0.2, 0.25) is 0 Å². The molecule has 4 nitrogen and oxygen atoms in total. The van der Waals surface area contributed by atoms with Crippen LogP contribution in [0.5, 0.6) is 0 Å². The van der Waals surface area contributed by atoms with Crippen molar-refractivity contribution in [1.82, 2.24) is 15.6 Å². The normalized spacial score (nSPS) is 20.5. The third kappa shape index (κ3) is 3.23. The van der Waals surface area contributed by atoms with Crippen LogP contribution in [0.25, 0.3) is 11.1 Å². The fraction of sp³-hybridized carbons (Fsp3) is 0.227. The summed E-state index contributed by atoms with van der Waals surface area (Å²) in [5.74, 6) is 0.394. The van der Waals surface area contributed by atoms with Gasteiger partial charge in [-0.05, 0) is 36.1 Å². The zero-order valence-electron chi connectivity index (χ0n) is 15.1. The molecule has 1 aliphatic heterocycles. The van der Waals surface area contributed by atoms with E-state index in [1.165, 1.54) is 34.3 Å². The summed E-state index contributed by atoms with van der Waals surface area (Å²) in [4.78, 5) is 4.12. The molecule has 4 heteroatoms. The Morgan fingerprint density at radius 1 is 1.15 bits per heavy atom. The van der Waals surface area contributed by atoms with E-state index in [1.807, 2.05) is 0 Å². The van der Waals surface area contributed by atoms with Crippen molar-refractivity contribution in [2.24, 2.45) is 0 Å². The van der Waals surface area contributed by atoms with Gasteiger partial charge in [-0.15, -0.1) is 0 Å². The molecular formula is C22H23N3O.